The summed E-state index contributed by atoms with van der Waals surface area (Å²) in [6, 6.07) is 8.18. The van der Waals surface area contributed by atoms with Crippen LogP contribution in [0.5, 0.6) is 5.75 Å². The first-order valence-corrected chi connectivity index (χ1v) is 8.53. The van der Waals surface area contributed by atoms with Gasteiger partial charge in [-0.15, -0.1) is 0 Å². The Morgan fingerprint density at radius 1 is 1.25 bits per heavy atom. The summed E-state index contributed by atoms with van der Waals surface area (Å²) in [4.78, 5) is 14.8. The van der Waals surface area contributed by atoms with E-state index < -0.39 is 0 Å². The second-order valence-corrected chi connectivity index (χ2v) is 5.46. The van der Waals surface area contributed by atoms with Crippen molar-refractivity contribution >= 4 is 21.7 Å². The Balaban J connectivity index is 0.000000704. The van der Waals surface area contributed by atoms with Gasteiger partial charge in [0.2, 0.25) is 0 Å². The lowest BCUT2D eigenvalue weighted by Crippen LogP contribution is -2.49. The van der Waals surface area contributed by atoms with E-state index in [2.05, 4.69) is 40.0 Å². The van der Waals surface area contributed by atoms with E-state index in [9.17, 15) is 4.79 Å². The molecule has 110 valence electrons. The number of hydrogen-bond donors (Lipinski definition) is 0. The van der Waals surface area contributed by atoms with Crippen LogP contribution in [0.2, 0.25) is 0 Å². The van der Waals surface area contributed by atoms with Gasteiger partial charge in [-0.05, 0) is 56.4 Å². The molecule has 3 rings (SSSR count). The van der Waals surface area contributed by atoms with Crippen molar-refractivity contribution in [2.45, 2.75) is 30.7 Å². The van der Waals surface area contributed by atoms with Crippen molar-refractivity contribution < 1.29 is 9.53 Å². The molecular formula is C16H22BrNO2. The largest absolute Gasteiger partial charge is 0.497 e. The van der Waals surface area contributed by atoms with Gasteiger partial charge in [-0.25, -0.2) is 0 Å². The molecule has 1 heterocycles. The molecule has 20 heavy (non-hydrogen) atoms. The van der Waals surface area contributed by atoms with Gasteiger partial charge in [-0.2, -0.15) is 0 Å². The molecule has 2 atom stereocenters. The summed E-state index contributed by atoms with van der Waals surface area (Å²) in [6.07, 6.45) is 2.94. The van der Waals surface area contributed by atoms with Crippen molar-refractivity contribution in [3.63, 3.8) is 0 Å². The van der Waals surface area contributed by atoms with Crippen LogP contribution in [0, 0.1) is 0 Å². The van der Waals surface area contributed by atoms with Crippen LogP contribution in [-0.4, -0.2) is 43.3 Å². The number of likely N-dealkylation sites (N-methyl/N-ethyl adjacent to an activating group) is 1. The lowest BCUT2D eigenvalue weighted by atomic mass is 9.73. The summed E-state index contributed by atoms with van der Waals surface area (Å²) < 4.78 is 5.18. The number of methoxy groups -OCH3 is 1. The average molecular weight is 340 g/mol. The molecule has 0 radical (unpaired) electrons. The number of piperidine rings is 1. The van der Waals surface area contributed by atoms with E-state index in [-0.39, 0.29) is 11.5 Å². The van der Waals surface area contributed by atoms with E-state index >= 15 is 0 Å². The van der Waals surface area contributed by atoms with Gasteiger partial charge in [0.25, 0.3) is 0 Å². The molecule has 0 aromatic heterocycles. The van der Waals surface area contributed by atoms with Gasteiger partial charge in [0.15, 0.2) is 5.78 Å². The highest BCUT2D eigenvalue weighted by Gasteiger charge is 2.52. The van der Waals surface area contributed by atoms with E-state index in [0.717, 1.165) is 31.6 Å². The zero-order valence-electron chi connectivity index (χ0n) is 12.4. The number of nitrogens with zero attached hydrogens (tertiary/aromatic N) is 1. The Morgan fingerprint density at radius 3 is 2.50 bits per heavy atom. The van der Waals surface area contributed by atoms with E-state index in [4.69, 9.17) is 4.74 Å². The summed E-state index contributed by atoms with van der Waals surface area (Å²) in [5.74, 6) is 3.08. The highest BCUT2D eigenvalue weighted by Crippen LogP contribution is 2.46. The molecule has 0 N–H and O–H groups in total. The predicted octanol–water partition coefficient (Wildman–Crippen LogP) is 3.01. The number of hydrogen-bond acceptors (Lipinski definition) is 3. The maximum atomic E-state index is 12.6. The number of carbonyl (C=O) groups is 1. The molecule has 0 amide bonds. The average Bonchev–Trinajstić information content (AvgIpc) is 2.73. The minimum Gasteiger partial charge on any atom is -0.497 e. The molecule has 2 fully saturated rings. The van der Waals surface area contributed by atoms with Gasteiger partial charge < -0.3 is 4.74 Å². The maximum Gasteiger partial charge on any atom is 0.160 e. The first-order valence-electron chi connectivity index (χ1n) is 6.94. The first kappa shape index (κ1) is 15.5. The summed E-state index contributed by atoms with van der Waals surface area (Å²) in [5, 5.41) is 0. The molecule has 1 aromatic carbocycles. The Morgan fingerprint density at radius 2 is 1.90 bits per heavy atom. The third-order valence-electron chi connectivity index (χ3n) is 4.68. The van der Waals surface area contributed by atoms with Crippen molar-refractivity contribution in [3.05, 3.63) is 29.8 Å². The van der Waals surface area contributed by atoms with Crippen LogP contribution in [0.15, 0.2) is 24.3 Å². The zero-order valence-corrected chi connectivity index (χ0v) is 13.9. The topological polar surface area (TPSA) is 29.5 Å². The van der Waals surface area contributed by atoms with E-state index in [1.807, 2.05) is 18.0 Å². The molecule has 3 nitrogen and oxygen atoms in total. The molecule has 1 aliphatic heterocycles. The van der Waals surface area contributed by atoms with Gasteiger partial charge in [0.1, 0.15) is 5.75 Å². The molecule has 4 heteroatoms. The Kier molecular flexibility index (Phi) is 4.86. The quantitative estimate of drug-likeness (QED) is 0.775. The lowest BCUT2D eigenvalue weighted by Gasteiger charge is -2.36. The van der Waals surface area contributed by atoms with Crippen molar-refractivity contribution in [1.29, 1.82) is 0 Å². The Labute approximate surface area is 129 Å². The highest BCUT2D eigenvalue weighted by atomic mass is 79.9. The third-order valence-corrected chi connectivity index (χ3v) is 4.68. The van der Waals surface area contributed by atoms with Crippen LogP contribution in [0.1, 0.15) is 24.8 Å². The number of ketones is 1. The number of likely N-dealkylation sites (tertiary alicyclic amines) is 1. The van der Waals surface area contributed by atoms with Crippen LogP contribution in [-0.2, 0) is 10.2 Å². The van der Waals surface area contributed by atoms with E-state index in [0.29, 0.717) is 5.78 Å². The van der Waals surface area contributed by atoms with Crippen LogP contribution in [0.25, 0.3) is 0 Å². The van der Waals surface area contributed by atoms with Crippen LogP contribution in [0.3, 0.4) is 0 Å². The number of alkyl halides is 1. The molecule has 1 aliphatic carbocycles. The van der Waals surface area contributed by atoms with Gasteiger partial charge in [0, 0.05) is 0 Å². The van der Waals surface area contributed by atoms with Crippen molar-refractivity contribution in [2.75, 3.05) is 26.5 Å². The third kappa shape index (κ3) is 2.40. The molecule has 2 unspecified atom stereocenters. The summed E-state index contributed by atoms with van der Waals surface area (Å²) in [6.45, 7) is 1.02. The zero-order chi connectivity index (χ0) is 14.8. The van der Waals surface area contributed by atoms with E-state index in [1.54, 1.807) is 7.11 Å². The molecule has 1 saturated heterocycles. The van der Waals surface area contributed by atoms with Crippen molar-refractivity contribution in [3.8, 4) is 5.75 Å². The summed E-state index contributed by atoms with van der Waals surface area (Å²) in [7, 11) is 3.73. The number of carbonyl (C=O) groups excluding carboxylic acids is 1. The van der Waals surface area contributed by atoms with E-state index in [1.165, 1.54) is 5.56 Å². The summed E-state index contributed by atoms with van der Waals surface area (Å²) in [5.41, 5.74) is 0.951. The first-order chi connectivity index (χ1) is 9.67. The van der Waals surface area contributed by atoms with Crippen molar-refractivity contribution in [1.82, 2.24) is 4.90 Å². The number of benzene rings is 1. The highest BCUT2D eigenvalue weighted by molar-refractivity contribution is 9.08. The Hall–Kier alpha value is -0.870. The Bertz CT molecular complexity index is 474. The second kappa shape index (κ2) is 6.27. The molecule has 2 aliphatic rings. The number of fused-ring (bicyclic) bond motifs is 2. The molecule has 2 bridgehead atoms. The van der Waals surface area contributed by atoms with Gasteiger partial charge in [-0.1, -0.05) is 28.1 Å². The predicted molar refractivity (Wildman–Crippen MR) is 84.8 cm³/mol. The van der Waals surface area contributed by atoms with Gasteiger partial charge in [-0.3, -0.25) is 9.69 Å². The number of Topliss-reactive ketones (excluding diaryl/α,β-unsaturated/α-hetero) is 1. The fourth-order valence-corrected chi connectivity index (χ4v) is 3.49. The normalized spacial score (nSPS) is 28.8. The van der Waals surface area contributed by atoms with Gasteiger partial charge >= 0.3 is 0 Å². The smallest absolute Gasteiger partial charge is 0.160 e. The molecule has 1 aromatic rings. The monoisotopic (exact) mass is 339 g/mol. The lowest BCUT2D eigenvalue weighted by molar-refractivity contribution is -0.129. The van der Waals surface area contributed by atoms with Crippen LogP contribution >= 0.6 is 15.9 Å². The molecular weight excluding hydrogens is 318 g/mol. The molecule has 0 spiro atoms. The SMILES string of the molecule is CBr.COc1ccc(C23CCC(C2=O)N(C)CC3)cc1. The fraction of sp³-hybridized carbons (Fsp3) is 0.562. The fourth-order valence-electron chi connectivity index (χ4n) is 3.49. The number of halogens is 1. The summed E-state index contributed by atoms with van der Waals surface area (Å²) >= 11 is 2.94. The number of rotatable bonds is 2. The van der Waals surface area contributed by atoms with Gasteiger partial charge in [0.05, 0.1) is 18.6 Å². The maximum absolute atomic E-state index is 12.6. The van der Waals surface area contributed by atoms with Crippen molar-refractivity contribution in [2.24, 2.45) is 0 Å². The molecule has 1 saturated carbocycles. The minimum atomic E-state index is -0.219. The standard InChI is InChI=1S/C15H19NO2.CH3Br/c1-16-10-9-15(8-7-13(16)14(15)17)11-3-5-12(18-2)6-4-11;1-2/h3-6,13H,7-10H2,1-2H3;1H3. The second-order valence-electron chi connectivity index (χ2n) is 5.46. The van der Waals surface area contributed by atoms with Crippen LogP contribution < -0.4 is 4.74 Å². The van der Waals surface area contributed by atoms with Crippen LogP contribution in [0.4, 0.5) is 0 Å². The minimum absolute atomic E-state index is 0.140. The number of ether oxygens (including phenoxy) is 1.